The summed E-state index contributed by atoms with van der Waals surface area (Å²) in [5, 5.41) is 0. The van der Waals surface area contributed by atoms with Crippen molar-refractivity contribution in [3.8, 4) is 5.75 Å². The van der Waals surface area contributed by atoms with Gasteiger partial charge >= 0.3 is 0 Å². The van der Waals surface area contributed by atoms with E-state index in [0.29, 0.717) is 45.2 Å². The van der Waals surface area contributed by atoms with Crippen LogP contribution in [0.5, 0.6) is 5.75 Å². The van der Waals surface area contributed by atoms with E-state index >= 15 is 0 Å². The number of nitrogens with zero attached hydrogens (tertiary/aromatic N) is 1. The van der Waals surface area contributed by atoms with E-state index in [0.717, 1.165) is 16.9 Å². The first kappa shape index (κ1) is 25.8. The van der Waals surface area contributed by atoms with Crippen molar-refractivity contribution < 1.29 is 19.0 Å². The summed E-state index contributed by atoms with van der Waals surface area (Å²) in [6.07, 6.45) is -0.0371. The van der Waals surface area contributed by atoms with Crippen molar-refractivity contribution in [1.29, 1.82) is 0 Å². The van der Waals surface area contributed by atoms with E-state index in [1.54, 1.807) is 4.90 Å². The van der Waals surface area contributed by atoms with E-state index in [9.17, 15) is 4.79 Å². The van der Waals surface area contributed by atoms with E-state index in [-0.39, 0.29) is 5.91 Å². The van der Waals surface area contributed by atoms with Crippen molar-refractivity contribution >= 4 is 5.91 Å². The lowest BCUT2D eigenvalue weighted by Gasteiger charge is -2.29. The monoisotopic (exact) mass is 442 g/mol. The number of hydrogen-bond donors (Lipinski definition) is 1. The molecule has 2 rings (SSSR count). The van der Waals surface area contributed by atoms with Gasteiger partial charge in [0.25, 0.3) is 0 Å². The normalized spacial score (nSPS) is 12.2. The maximum atomic E-state index is 13.3. The molecule has 32 heavy (non-hydrogen) atoms. The van der Waals surface area contributed by atoms with Gasteiger partial charge in [-0.3, -0.25) is 4.79 Å². The number of carbonyl (C=O) groups excluding carboxylic acids is 1. The van der Waals surface area contributed by atoms with Crippen molar-refractivity contribution in [3.05, 3.63) is 65.7 Å². The summed E-state index contributed by atoms with van der Waals surface area (Å²) in [4.78, 5) is 15.0. The van der Waals surface area contributed by atoms with E-state index in [1.165, 1.54) is 0 Å². The van der Waals surface area contributed by atoms with Gasteiger partial charge in [-0.2, -0.15) is 0 Å². The number of benzene rings is 2. The molecule has 0 bridgehead atoms. The molecule has 0 saturated carbocycles. The van der Waals surface area contributed by atoms with E-state index < -0.39 is 12.3 Å². The molecule has 0 saturated heterocycles. The van der Waals surface area contributed by atoms with Gasteiger partial charge in [-0.25, -0.2) is 0 Å². The zero-order valence-electron chi connectivity index (χ0n) is 19.8. The number of rotatable bonds is 14. The lowest BCUT2D eigenvalue weighted by molar-refractivity contribution is -0.160. The molecule has 0 aliphatic rings. The van der Waals surface area contributed by atoms with E-state index in [1.807, 2.05) is 68.4 Å². The first-order chi connectivity index (χ1) is 15.4. The Labute approximate surface area is 192 Å². The van der Waals surface area contributed by atoms with Crippen LogP contribution in [0.25, 0.3) is 0 Å². The molecule has 6 heteroatoms. The molecule has 2 aromatic carbocycles. The largest absolute Gasteiger partial charge is 0.493 e. The van der Waals surface area contributed by atoms with Crippen LogP contribution in [0, 0.1) is 5.92 Å². The van der Waals surface area contributed by atoms with Gasteiger partial charge in [-0.15, -0.1) is 0 Å². The topological polar surface area (TPSA) is 74.0 Å². The van der Waals surface area contributed by atoms with Crippen molar-refractivity contribution in [3.63, 3.8) is 0 Å². The standard InChI is InChI=1S/C26H38N2O4/c1-5-30-25(31-6-2)18-28(17-22-10-8-7-9-11-22)26(29)24(27)16-21-12-14-23(15-13-21)32-19-20(3)4/h7-15,20,24-25H,5-6,16-19,27H2,1-4H3/t24-/m0/s1. The van der Waals surface area contributed by atoms with Gasteiger partial charge in [0.2, 0.25) is 5.91 Å². The van der Waals surface area contributed by atoms with Crippen molar-refractivity contribution in [2.75, 3.05) is 26.4 Å². The average Bonchev–Trinajstić information content (AvgIpc) is 2.78. The maximum Gasteiger partial charge on any atom is 0.240 e. The molecule has 0 aliphatic carbocycles. The summed E-state index contributed by atoms with van der Waals surface area (Å²) in [5.41, 5.74) is 8.39. The second-order valence-corrected chi connectivity index (χ2v) is 8.20. The van der Waals surface area contributed by atoms with Gasteiger partial charge in [0.1, 0.15) is 5.75 Å². The zero-order valence-corrected chi connectivity index (χ0v) is 19.8. The highest BCUT2D eigenvalue weighted by Gasteiger charge is 2.25. The molecule has 2 N–H and O–H groups in total. The summed E-state index contributed by atoms with van der Waals surface area (Å²) in [7, 11) is 0. The fourth-order valence-electron chi connectivity index (χ4n) is 3.30. The summed E-state index contributed by atoms with van der Waals surface area (Å²) < 4.78 is 17.1. The SMILES string of the molecule is CCOC(CN(Cc1ccccc1)C(=O)[C@@H](N)Cc1ccc(OCC(C)C)cc1)OCC. The Hall–Kier alpha value is -2.41. The maximum absolute atomic E-state index is 13.3. The van der Waals surface area contributed by atoms with Crippen LogP contribution in [-0.2, 0) is 27.2 Å². The second kappa shape index (κ2) is 13.9. The molecule has 2 aromatic rings. The molecular weight excluding hydrogens is 404 g/mol. The van der Waals surface area contributed by atoms with Crippen LogP contribution >= 0.6 is 0 Å². The molecular formula is C26H38N2O4. The Kier molecular flexibility index (Phi) is 11.2. The number of hydrogen-bond acceptors (Lipinski definition) is 5. The van der Waals surface area contributed by atoms with Crippen molar-refractivity contribution in [1.82, 2.24) is 4.90 Å². The van der Waals surface area contributed by atoms with Gasteiger partial charge in [0, 0.05) is 19.8 Å². The van der Waals surface area contributed by atoms with Gasteiger partial charge in [0.05, 0.1) is 19.2 Å². The third-order valence-corrected chi connectivity index (χ3v) is 4.88. The summed E-state index contributed by atoms with van der Waals surface area (Å²) >= 11 is 0. The van der Waals surface area contributed by atoms with Gasteiger partial charge in [-0.1, -0.05) is 56.3 Å². The molecule has 0 aliphatic heterocycles. The van der Waals surface area contributed by atoms with Crippen LogP contribution < -0.4 is 10.5 Å². The van der Waals surface area contributed by atoms with Crippen LogP contribution in [-0.4, -0.2) is 49.5 Å². The summed E-state index contributed by atoms with van der Waals surface area (Å²) in [6.45, 7) is 10.5. The second-order valence-electron chi connectivity index (χ2n) is 8.20. The molecule has 0 fully saturated rings. The Balaban J connectivity index is 2.07. The fourth-order valence-corrected chi connectivity index (χ4v) is 3.30. The minimum atomic E-state index is -0.662. The number of amides is 1. The average molecular weight is 443 g/mol. The molecule has 1 atom stereocenters. The highest BCUT2D eigenvalue weighted by molar-refractivity contribution is 5.82. The van der Waals surface area contributed by atoms with Crippen LogP contribution in [0.4, 0.5) is 0 Å². The third kappa shape index (κ3) is 8.99. The Bertz CT molecular complexity index is 774. The molecule has 0 aromatic heterocycles. The van der Waals surface area contributed by atoms with E-state index in [2.05, 4.69) is 13.8 Å². The van der Waals surface area contributed by atoms with Crippen molar-refractivity contribution in [2.45, 2.75) is 53.0 Å². The van der Waals surface area contributed by atoms with Gasteiger partial charge < -0.3 is 24.8 Å². The lowest BCUT2D eigenvalue weighted by Crippen LogP contribution is -2.48. The van der Waals surface area contributed by atoms with Gasteiger partial charge in [0.15, 0.2) is 6.29 Å². The Morgan fingerprint density at radius 2 is 1.56 bits per heavy atom. The molecule has 0 radical (unpaired) electrons. The highest BCUT2D eigenvalue weighted by atomic mass is 16.7. The van der Waals surface area contributed by atoms with Crippen molar-refractivity contribution in [2.24, 2.45) is 11.7 Å². The predicted octanol–water partition coefficient (Wildman–Crippen LogP) is 4.02. The highest BCUT2D eigenvalue weighted by Crippen LogP contribution is 2.16. The number of carbonyl (C=O) groups is 1. The molecule has 0 unspecified atom stereocenters. The first-order valence-corrected chi connectivity index (χ1v) is 11.5. The summed E-state index contributed by atoms with van der Waals surface area (Å²) in [5.74, 6) is 1.16. The van der Waals surface area contributed by atoms with Crippen LogP contribution in [0.1, 0.15) is 38.8 Å². The molecule has 0 spiro atoms. The number of nitrogens with two attached hydrogens (primary N) is 1. The number of ether oxygens (including phenoxy) is 3. The lowest BCUT2D eigenvalue weighted by atomic mass is 10.0. The van der Waals surface area contributed by atoms with Crippen LogP contribution in [0.3, 0.4) is 0 Å². The minimum absolute atomic E-state index is 0.126. The van der Waals surface area contributed by atoms with Crippen LogP contribution in [0.15, 0.2) is 54.6 Å². The Morgan fingerprint density at radius 1 is 0.938 bits per heavy atom. The minimum Gasteiger partial charge on any atom is -0.493 e. The molecule has 0 heterocycles. The molecule has 176 valence electrons. The zero-order chi connectivity index (χ0) is 23.3. The predicted molar refractivity (Wildman–Crippen MR) is 127 cm³/mol. The summed E-state index contributed by atoms with van der Waals surface area (Å²) in [6, 6.07) is 17.0. The fraction of sp³-hybridized carbons (Fsp3) is 0.500. The quantitative estimate of drug-likeness (QED) is 0.447. The molecule has 1 amide bonds. The first-order valence-electron chi connectivity index (χ1n) is 11.5. The molecule has 6 nitrogen and oxygen atoms in total. The van der Waals surface area contributed by atoms with Gasteiger partial charge in [-0.05, 0) is 49.4 Å². The van der Waals surface area contributed by atoms with Crippen LogP contribution in [0.2, 0.25) is 0 Å². The Morgan fingerprint density at radius 3 is 2.12 bits per heavy atom. The smallest absolute Gasteiger partial charge is 0.240 e. The van der Waals surface area contributed by atoms with E-state index in [4.69, 9.17) is 19.9 Å². The third-order valence-electron chi connectivity index (χ3n) is 4.88.